The van der Waals surface area contributed by atoms with E-state index in [4.69, 9.17) is 5.73 Å². The van der Waals surface area contributed by atoms with Gasteiger partial charge in [0.15, 0.2) is 0 Å². The molecule has 1 aromatic carbocycles. The van der Waals surface area contributed by atoms with Crippen LogP contribution in [0.3, 0.4) is 0 Å². The van der Waals surface area contributed by atoms with Crippen molar-refractivity contribution in [2.24, 2.45) is 0 Å². The largest absolute Gasteiger partial charge is 0.416 e. The molecule has 1 atom stereocenters. The minimum atomic E-state index is -4.53. The molecule has 0 bridgehead atoms. The summed E-state index contributed by atoms with van der Waals surface area (Å²) >= 11 is 0. The van der Waals surface area contributed by atoms with Crippen molar-refractivity contribution in [3.63, 3.8) is 0 Å². The molecule has 1 fully saturated rings. The van der Waals surface area contributed by atoms with Gasteiger partial charge >= 0.3 is 6.18 Å². The number of pyridine rings is 1. The van der Waals surface area contributed by atoms with E-state index in [2.05, 4.69) is 25.6 Å². The van der Waals surface area contributed by atoms with Crippen LogP contribution in [0.5, 0.6) is 0 Å². The van der Waals surface area contributed by atoms with Gasteiger partial charge in [-0.1, -0.05) is 0 Å². The van der Waals surface area contributed by atoms with Gasteiger partial charge in [-0.3, -0.25) is 0 Å². The molecule has 0 unspecified atom stereocenters. The van der Waals surface area contributed by atoms with Crippen molar-refractivity contribution < 1.29 is 22.0 Å². The van der Waals surface area contributed by atoms with E-state index >= 15 is 0 Å². The van der Waals surface area contributed by atoms with E-state index in [-0.39, 0.29) is 37.6 Å². The Balaban J connectivity index is 1.69. The third-order valence-corrected chi connectivity index (χ3v) is 5.77. The van der Waals surface area contributed by atoms with E-state index in [1.54, 1.807) is 24.9 Å². The molecule has 182 valence electrons. The summed E-state index contributed by atoms with van der Waals surface area (Å²) in [5.74, 6) is -1.53. The van der Waals surface area contributed by atoms with Crippen molar-refractivity contribution in [1.82, 2.24) is 15.0 Å². The van der Waals surface area contributed by atoms with E-state index in [9.17, 15) is 22.0 Å². The molecule has 0 amide bonds. The number of nitrogens with two attached hydrogens (primary N) is 1. The Hall–Kier alpha value is -3.44. The fraction of sp³-hybridized carbons (Fsp3) is 0.409. The highest BCUT2D eigenvalue weighted by atomic mass is 19.4. The molecular formula is C22H24F5N7. The Morgan fingerprint density at radius 2 is 1.79 bits per heavy atom. The lowest BCUT2D eigenvalue weighted by Gasteiger charge is -2.32. The van der Waals surface area contributed by atoms with E-state index in [0.29, 0.717) is 28.1 Å². The van der Waals surface area contributed by atoms with Crippen LogP contribution in [0.25, 0.3) is 10.9 Å². The van der Waals surface area contributed by atoms with Crippen LogP contribution < -0.4 is 21.3 Å². The zero-order valence-corrected chi connectivity index (χ0v) is 18.5. The Morgan fingerprint density at radius 3 is 2.44 bits per heavy atom. The Kier molecular flexibility index (Phi) is 6.09. The molecule has 1 aliphatic rings. The van der Waals surface area contributed by atoms with E-state index in [1.807, 2.05) is 0 Å². The summed E-state index contributed by atoms with van der Waals surface area (Å²) in [6, 6.07) is 4.51. The summed E-state index contributed by atoms with van der Waals surface area (Å²) < 4.78 is 66.9. The molecular weight excluding hydrogens is 457 g/mol. The van der Waals surface area contributed by atoms with Crippen LogP contribution in [0.4, 0.5) is 45.2 Å². The highest BCUT2D eigenvalue weighted by Gasteiger charge is 2.34. The number of nitrogens with zero attached hydrogens (tertiary/aromatic N) is 4. The normalized spacial score (nSPS) is 17.0. The molecule has 12 heteroatoms. The van der Waals surface area contributed by atoms with E-state index in [0.717, 1.165) is 12.1 Å². The van der Waals surface area contributed by atoms with Gasteiger partial charge in [-0.15, -0.1) is 0 Å². The number of piperidine rings is 1. The standard InChI is InChI=1S/C22H24F5N7/c1-12(13-7-14(22(25,26)27)9-15(28)8-13)31-19-16-10-18(34-5-3-21(23,24)4-6-34)30-11-17(16)32-20(29-2)33-19/h7-12H,3-6,28H2,1-2H3,(H2,29,31,32,33)/t12-/m1/s1. The summed E-state index contributed by atoms with van der Waals surface area (Å²) in [6.07, 6.45) is -3.53. The van der Waals surface area contributed by atoms with Crippen molar-refractivity contribution in [2.75, 3.05) is 41.4 Å². The lowest BCUT2D eigenvalue weighted by molar-refractivity contribution is -0.137. The second-order valence-corrected chi connectivity index (χ2v) is 8.30. The molecule has 7 nitrogen and oxygen atoms in total. The van der Waals surface area contributed by atoms with Gasteiger partial charge in [0.1, 0.15) is 11.6 Å². The van der Waals surface area contributed by atoms with Crippen LogP contribution in [0.1, 0.15) is 36.9 Å². The maximum Gasteiger partial charge on any atom is 0.416 e. The summed E-state index contributed by atoms with van der Waals surface area (Å²) in [6.45, 7) is 2.00. The van der Waals surface area contributed by atoms with Crippen LogP contribution in [0.15, 0.2) is 30.5 Å². The number of hydrogen-bond donors (Lipinski definition) is 3. The highest BCUT2D eigenvalue weighted by molar-refractivity contribution is 5.91. The number of alkyl halides is 5. The molecule has 0 spiro atoms. The van der Waals surface area contributed by atoms with Gasteiger partial charge < -0.3 is 21.3 Å². The molecule has 0 radical (unpaired) electrons. The first-order valence-corrected chi connectivity index (χ1v) is 10.7. The molecule has 1 saturated heterocycles. The zero-order valence-electron chi connectivity index (χ0n) is 18.5. The minimum absolute atomic E-state index is 0.00433. The maximum atomic E-state index is 13.6. The van der Waals surface area contributed by atoms with Gasteiger partial charge in [0.2, 0.25) is 5.95 Å². The van der Waals surface area contributed by atoms with Crippen LogP contribution in [-0.2, 0) is 6.18 Å². The molecule has 3 aromatic rings. The van der Waals surface area contributed by atoms with Crippen LogP contribution in [0.2, 0.25) is 0 Å². The number of nitrogen functional groups attached to an aromatic ring is 1. The smallest absolute Gasteiger partial charge is 0.399 e. The second-order valence-electron chi connectivity index (χ2n) is 8.30. The third-order valence-electron chi connectivity index (χ3n) is 5.77. The number of halogens is 5. The molecule has 2 aromatic heterocycles. The predicted octanol–water partition coefficient (Wildman–Crippen LogP) is 5.08. The van der Waals surface area contributed by atoms with Gasteiger partial charge in [0.05, 0.1) is 23.3 Å². The van der Waals surface area contributed by atoms with Gasteiger partial charge in [-0.2, -0.15) is 18.2 Å². The van der Waals surface area contributed by atoms with Gasteiger partial charge in [0, 0.05) is 44.1 Å². The first kappa shape index (κ1) is 23.7. The van der Waals surface area contributed by atoms with Crippen LogP contribution >= 0.6 is 0 Å². The van der Waals surface area contributed by atoms with Gasteiger partial charge in [-0.25, -0.2) is 18.7 Å². The number of hydrogen-bond acceptors (Lipinski definition) is 7. The van der Waals surface area contributed by atoms with Crippen molar-refractivity contribution in [3.05, 3.63) is 41.6 Å². The summed E-state index contributed by atoms with van der Waals surface area (Å²) in [7, 11) is 1.64. The lowest BCUT2D eigenvalue weighted by Crippen LogP contribution is -2.39. The van der Waals surface area contributed by atoms with E-state index in [1.165, 1.54) is 12.3 Å². The number of nitrogens with one attached hydrogen (secondary N) is 2. The maximum absolute atomic E-state index is 13.6. The molecule has 4 rings (SSSR count). The summed E-state index contributed by atoms with van der Waals surface area (Å²) in [4.78, 5) is 15.0. The number of rotatable bonds is 5. The third kappa shape index (κ3) is 5.05. The van der Waals surface area contributed by atoms with Crippen LogP contribution in [-0.4, -0.2) is 41.0 Å². The first-order chi connectivity index (χ1) is 15.9. The first-order valence-electron chi connectivity index (χ1n) is 10.7. The number of fused-ring (bicyclic) bond motifs is 1. The lowest BCUT2D eigenvalue weighted by atomic mass is 10.0. The summed E-state index contributed by atoms with van der Waals surface area (Å²) in [5.41, 5.74) is 5.69. The molecule has 4 N–H and O–H groups in total. The van der Waals surface area contributed by atoms with Crippen molar-refractivity contribution in [2.45, 2.75) is 37.9 Å². The van der Waals surface area contributed by atoms with Crippen molar-refractivity contribution >= 4 is 34.2 Å². The van der Waals surface area contributed by atoms with Gasteiger partial charge in [0.25, 0.3) is 5.92 Å². The molecule has 34 heavy (non-hydrogen) atoms. The fourth-order valence-electron chi connectivity index (χ4n) is 3.86. The fourth-order valence-corrected chi connectivity index (χ4v) is 3.86. The molecule has 3 heterocycles. The van der Waals surface area contributed by atoms with Gasteiger partial charge in [-0.05, 0) is 36.8 Å². The zero-order chi connectivity index (χ0) is 24.7. The number of benzene rings is 1. The average Bonchev–Trinajstić information content (AvgIpc) is 2.77. The monoisotopic (exact) mass is 481 g/mol. The SMILES string of the molecule is CNc1nc(N[C@H](C)c2cc(N)cc(C(F)(F)F)c2)c2cc(N3CCC(F)(F)CC3)ncc2n1. The Bertz CT molecular complexity index is 1190. The molecule has 0 saturated carbocycles. The van der Waals surface area contributed by atoms with E-state index < -0.39 is 23.7 Å². The van der Waals surface area contributed by atoms with Crippen molar-refractivity contribution in [3.8, 4) is 0 Å². The molecule has 1 aliphatic heterocycles. The predicted molar refractivity (Wildman–Crippen MR) is 121 cm³/mol. The average molecular weight is 481 g/mol. The minimum Gasteiger partial charge on any atom is -0.399 e. The Morgan fingerprint density at radius 1 is 1.09 bits per heavy atom. The number of aromatic nitrogens is 3. The quantitative estimate of drug-likeness (QED) is 0.346. The van der Waals surface area contributed by atoms with Crippen LogP contribution in [0, 0.1) is 0 Å². The summed E-state index contributed by atoms with van der Waals surface area (Å²) in [5, 5.41) is 6.55. The number of anilines is 4. The topological polar surface area (TPSA) is 92.0 Å². The molecule has 0 aliphatic carbocycles. The second kappa shape index (κ2) is 8.73. The highest BCUT2D eigenvalue weighted by Crippen LogP contribution is 2.35. The Labute approximate surface area is 192 Å². The van der Waals surface area contributed by atoms with Crippen molar-refractivity contribution in [1.29, 1.82) is 0 Å².